The van der Waals surface area contributed by atoms with Crippen molar-refractivity contribution in [3.63, 3.8) is 0 Å². The van der Waals surface area contributed by atoms with E-state index in [0.29, 0.717) is 0 Å². The standard InChI is InChI=1S/C35H66O12Si7.O.V/c36-48(29-15-1-2-16-29)39-51(32-21-7-8-22-32)41-49(37,30-17-3-4-18-30)43-53(34-25-11-12-26-34)44-50(38,31-19-5-6-20-31)42-52(40-48,33-23-9-10-24-33)46-54(45-51,47-53)35-27-13-14-28-35;;/h29-38H,1-28H2;;. The second kappa shape index (κ2) is 16.8. The van der Waals surface area contributed by atoms with Gasteiger partial charge in [0.15, 0.2) is 0 Å². The van der Waals surface area contributed by atoms with Crippen LogP contribution in [0.1, 0.15) is 180 Å². The predicted molar refractivity (Wildman–Crippen MR) is 213 cm³/mol. The van der Waals surface area contributed by atoms with Crippen LogP contribution in [0, 0.1) is 0 Å². The summed E-state index contributed by atoms with van der Waals surface area (Å²) >= 11 is 1.06. The van der Waals surface area contributed by atoms with Crippen molar-refractivity contribution < 1.29 is 72.5 Å². The minimum absolute atomic E-state index is 0.0584. The van der Waals surface area contributed by atoms with Gasteiger partial charge in [-0.05, 0) is 89.9 Å². The Morgan fingerprint density at radius 1 is 0.268 bits per heavy atom. The van der Waals surface area contributed by atoms with Gasteiger partial charge in [0.05, 0.1) is 0 Å². The van der Waals surface area contributed by atoms with Gasteiger partial charge in [-0.2, -0.15) is 0 Å². The molecular formula is C35H66O13Si7V. The molecule has 56 heavy (non-hydrogen) atoms. The molecule has 4 bridgehead atoms. The topological polar surface area (TPSA) is 161 Å². The molecule has 0 radical (unpaired) electrons. The van der Waals surface area contributed by atoms with E-state index in [9.17, 15) is 14.4 Å². The summed E-state index contributed by atoms with van der Waals surface area (Å²) in [6.07, 6.45) is 25.6. The quantitative estimate of drug-likeness (QED) is 0.210. The molecule has 7 aliphatic carbocycles. The van der Waals surface area contributed by atoms with Crippen molar-refractivity contribution in [2.45, 2.75) is 219 Å². The van der Waals surface area contributed by atoms with Crippen molar-refractivity contribution in [3.8, 4) is 0 Å². The molecule has 21 heteroatoms. The summed E-state index contributed by atoms with van der Waals surface area (Å²) in [6, 6.07) is 0. The van der Waals surface area contributed by atoms with E-state index in [1.807, 2.05) is 0 Å². The summed E-state index contributed by atoms with van der Waals surface area (Å²) in [7, 11) is -29.1. The molecule has 10 aliphatic rings. The van der Waals surface area contributed by atoms with Gasteiger partial charge in [0.25, 0.3) is 0 Å². The van der Waals surface area contributed by atoms with Crippen LogP contribution in [0.2, 0.25) is 38.8 Å². The Bertz CT molecular complexity index is 1200. The molecule has 0 spiro atoms. The first kappa shape index (κ1) is 42.7. The molecule has 3 heterocycles. The van der Waals surface area contributed by atoms with E-state index in [4.69, 9.17) is 40.7 Å². The Balaban J connectivity index is 0.00000202. The van der Waals surface area contributed by atoms with Crippen LogP contribution in [-0.2, 0) is 58.1 Å². The third kappa shape index (κ3) is 7.66. The summed E-state index contributed by atoms with van der Waals surface area (Å²) in [6.45, 7) is 0. The molecule has 0 aromatic carbocycles. The normalized spacial score (nSPS) is 46.8. The van der Waals surface area contributed by atoms with Gasteiger partial charge in [0.2, 0.25) is 0 Å². The zero-order chi connectivity index (χ0) is 38.7. The number of rotatable bonds is 7. The molecule has 3 N–H and O–H groups in total. The van der Waals surface area contributed by atoms with Crippen LogP contribution in [0.4, 0.5) is 0 Å². The van der Waals surface area contributed by atoms with Crippen LogP contribution in [0.15, 0.2) is 0 Å². The Labute approximate surface area is 350 Å². The molecule has 0 unspecified atom stereocenters. The average Bonchev–Trinajstić information content (AvgIpc) is 4.03. The summed E-state index contributed by atoms with van der Waals surface area (Å²) < 4.78 is 77.9. The number of fused-ring (bicyclic) bond motifs is 3. The second-order valence-corrected chi connectivity index (χ2v) is 40.8. The molecule has 3 aliphatic heterocycles. The van der Waals surface area contributed by atoms with Crippen molar-refractivity contribution in [2.75, 3.05) is 0 Å². The fourth-order valence-corrected chi connectivity index (χ4v) is 55.2. The van der Waals surface area contributed by atoms with E-state index in [1.165, 1.54) is 0 Å². The molecule has 13 nitrogen and oxygen atoms in total. The molecule has 3 saturated heterocycles. The second-order valence-electron chi connectivity index (χ2n) is 19.1. The van der Waals surface area contributed by atoms with E-state index < -0.39 is 61.6 Å². The Kier molecular flexibility index (Phi) is 12.8. The van der Waals surface area contributed by atoms with Gasteiger partial charge in [0.1, 0.15) is 0 Å². The summed E-state index contributed by atoms with van der Waals surface area (Å²) in [5, 5.41) is 0. The predicted octanol–water partition coefficient (Wildman–Crippen LogP) is 8.21. The fourth-order valence-electron chi connectivity index (χ4n) is 12.6. The molecule has 0 aromatic heterocycles. The van der Waals surface area contributed by atoms with Crippen molar-refractivity contribution in [1.82, 2.24) is 0 Å². The minimum atomic E-state index is -4.28. The van der Waals surface area contributed by atoms with Gasteiger partial charge in [-0.3, -0.25) is 0 Å². The molecule has 10 rings (SSSR count). The molecule has 10 fully saturated rings. The van der Waals surface area contributed by atoms with Crippen molar-refractivity contribution in [2.24, 2.45) is 0 Å². The van der Waals surface area contributed by atoms with Crippen LogP contribution < -0.4 is 0 Å². The van der Waals surface area contributed by atoms with Gasteiger partial charge in [-0.1, -0.05) is 89.9 Å². The Hall–Kier alpha value is 1.42. The maximum absolute atomic E-state index is 13.6. The summed E-state index contributed by atoms with van der Waals surface area (Å²) in [5.41, 5.74) is -1.09. The van der Waals surface area contributed by atoms with Gasteiger partial charge in [-0.15, -0.1) is 0 Å². The van der Waals surface area contributed by atoms with Crippen LogP contribution in [0.3, 0.4) is 0 Å². The van der Waals surface area contributed by atoms with Crippen molar-refractivity contribution in [3.05, 3.63) is 0 Å². The fraction of sp³-hybridized carbons (Fsp3) is 1.00. The Morgan fingerprint density at radius 2 is 0.411 bits per heavy atom. The zero-order valence-electron chi connectivity index (χ0n) is 33.2. The zero-order valence-corrected chi connectivity index (χ0v) is 41.6. The van der Waals surface area contributed by atoms with Crippen molar-refractivity contribution >= 4 is 61.6 Å². The molecule has 317 valence electrons. The SMILES string of the molecule is O[Si]1(C2CCCC2)O[Si]2(C3CCCC3)O[Si](O)(C3CCCC3)O[Si]3(C4CCCC4)O[Si](O)(C4CCCC4)O[Si](C4CCCC4)(O1)O[Si](C1CCCC1)(O2)O3.[O]=[V]. The summed E-state index contributed by atoms with van der Waals surface area (Å²) in [4.78, 5) is 40.7. The van der Waals surface area contributed by atoms with E-state index in [-0.39, 0.29) is 38.8 Å². The molecule has 0 amide bonds. The monoisotopic (exact) mass is 941 g/mol. The maximum atomic E-state index is 13.6. The summed E-state index contributed by atoms with van der Waals surface area (Å²) in [5.74, 6) is 0. The van der Waals surface area contributed by atoms with Crippen molar-refractivity contribution in [1.29, 1.82) is 0 Å². The first-order valence-corrected chi connectivity index (χ1v) is 36.1. The first-order chi connectivity index (χ1) is 27.1. The van der Waals surface area contributed by atoms with E-state index in [0.717, 1.165) is 197 Å². The third-order valence-corrected chi connectivity index (χ3v) is 47.4. The van der Waals surface area contributed by atoms with E-state index >= 15 is 0 Å². The van der Waals surface area contributed by atoms with E-state index in [1.54, 1.807) is 0 Å². The van der Waals surface area contributed by atoms with Gasteiger partial charge in [0, 0.05) is 38.8 Å². The van der Waals surface area contributed by atoms with Crippen LogP contribution in [0.25, 0.3) is 0 Å². The molecule has 0 atom stereocenters. The number of hydrogen-bond acceptors (Lipinski definition) is 13. The number of hydrogen-bond donors (Lipinski definition) is 3. The molecule has 7 saturated carbocycles. The average molecular weight is 942 g/mol. The molecular weight excluding hydrogens is 876 g/mol. The first-order valence-electron chi connectivity index (χ1n) is 22.8. The van der Waals surface area contributed by atoms with Gasteiger partial charge in [-0.25, -0.2) is 0 Å². The van der Waals surface area contributed by atoms with Crippen LogP contribution >= 0.6 is 0 Å². The van der Waals surface area contributed by atoms with E-state index in [2.05, 4.69) is 0 Å². The van der Waals surface area contributed by atoms with Gasteiger partial charge < -0.3 is 51.4 Å². The van der Waals surface area contributed by atoms with Crippen LogP contribution in [-0.4, -0.2) is 76.0 Å². The third-order valence-electron chi connectivity index (χ3n) is 15.6. The van der Waals surface area contributed by atoms with Gasteiger partial charge >= 0.3 is 82.7 Å². The molecule has 0 aromatic rings. The Morgan fingerprint density at radius 3 is 0.589 bits per heavy atom. The van der Waals surface area contributed by atoms with Crippen LogP contribution in [0.5, 0.6) is 0 Å².